The Balaban J connectivity index is 1.83. The van der Waals surface area contributed by atoms with E-state index in [1.807, 2.05) is 13.8 Å². The SMILES string of the molecule is CCCN(CCC)C(=O)c1cc(C)cc(C(=O)NC(Cc2cc(F)cc(F)c2)C(O)CCc2ncn[nH]2)c1. The minimum atomic E-state index is -1.05. The number of benzene rings is 2. The van der Waals surface area contributed by atoms with Gasteiger partial charge in [0.2, 0.25) is 0 Å². The van der Waals surface area contributed by atoms with Crippen molar-refractivity contribution in [1.82, 2.24) is 25.4 Å². The monoisotopic (exact) mass is 527 g/mol. The van der Waals surface area contributed by atoms with Crippen molar-refractivity contribution in [3.8, 4) is 0 Å². The molecular formula is C28H35F2N5O3. The molecule has 0 spiro atoms. The summed E-state index contributed by atoms with van der Waals surface area (Å²) in [6, 6.07) is 7.21. The summed E-state index contributed by atoms with van der Waals surface area (Å²) in [6.07, 6.45) is 2.52. The first-order valence-corrected chi connectivity index (χ1v) is 12.9. The van der Waals surface area contributed by atoms with Gasteiger partial charge in [-0.15, -0.1) is 0 Å². The van der Waals surface area contributed by atoms with Crippen molar-refractivity contribution in [2.24, 2.45) is 0 Å². The molecule has 2 atom stereocenters. The molecule has 2 unspecified atom stereocenters. The highest BCUT2D eigenvalue weighted by molar-refractivity contribution is 6.00. The number of aryl methyl sites for hydroxylation is 2. The van der Waals surface area contributed by atoms with Crippen LogP contribution in [0.2, 0.25) is 0 Å². The van der Waals surface area contributed by atoms with Crippen LogP contribution in [-0.4, -0.2) is 62.2 Å². The standard InChI is InChI=1S/C28H35F2N5O3/c1-4-8-35(9-5-2)28(38)21-11-18(3)10-20(15-21)27(37)33-24(14-19-12-22(29)16-23(30)13-19)25(36)6-7-26-31-17-32-34-26/h10-13,15-17,24-25,36H,4-9,14H2,1-3H3,(H,33,37)(H,31,32,34). The van der Waals surface area contributed by atoms with Gasteiger partial charge in [0.15, 0.2) is 0 Å². The second kappa shape index (κ2) is 13.8. The number of aliphatic hydroxyl groups excluding tert-OH is 1. The van der Waals surface area contributed by atoms with Gasteiger partial charge in [0.25, 0.3) is 11.8 Å². The molecule has 3 N–H and O–H groups in total. The summed E-state index contributed by atoms with van der Waals surface area (Å²) in [6.45, 7) is 7.04. The molecule has 3 rings (SSSR count). The van der Waals surface area contributed by atoms with E-state index >= 15 is 0 Å². The van der Waals surface area contributed by atoms with Crippen molar-refractivity contribution >= 4 is 11.8 Å². The Morgan fingerprint density at radius 2 is 1.68 bits per heavy atom. The summed E-state index contributed by atoms with van der Waals surface area (Å²) < 4.78 is 27.7. The lowest BCUT2D eigenvalue weighted by molar-refractivity contribution is 0.0755. The molecule has 8 nitrogen and oxygen atoms in total. The molecule has 3 aromatic rings. The number of nitrogens with one attached hydrogen (secondary N) is 2. The molecule has 0 bridgehead atoms. The average Bonchev–Trinajstić information content (AvgIpc) is 3.39. The van der Waals surface area contributed by atoms with Gasteiger partial charge in [-0.1, -0.05) is 13.8 Å². The van der Waals surface area contributed by atoms with E-state index in [4.69, 9.17) is 0 Å². The maximum atomic E-state index is 13.8. The summed E-state index contributed by atoms with van der Waals surface area (Å²) in [5, 5.41) is 20.3. The van der Waals surface area contributed by atoms with E-state index in [2.05, 4.69) is 20.5 Å². The second-order valence-corrected chi connectivity index (χ2v) is 9.48. The van der Waals surface area contributed by atoms with Crippen molar-refractivity contribution in [2.45, 2.75) is 65.0 Å². The van der Waals surface area contributed by atoms with Gasteiger partial charge in [-0.25, -0.2) is 13.8 Å². The Morgan fingerprint density at radius 1 is 1.03 bits per heavy atom. The molecule has 2 aromatic carbocycles. The predicted molar refractivity (Wildman–Crippen MR) is 140 cm³/mol. The van der Waals surface area contributed by atoms with E-state index in [1.165, 1.54) is 18.5 Å². The number of amides is 2. The molecule has 0 aliphatic carbocycles. The molecule has 0 fully saturated rings. The van der Waals surface area contributed by atoms with Crippen LogP contribution in [0.4, 0.5) is 8.78 Å². The van der Waals surface area contributed by atoms with Gasteiger partial charge in [-0.3, -0.25) is 14.7 Å². The number of nitrogens with zero attached hydrogens (tertiary/aromatic N) is 3. The molecule has 0 saturated heterocycles. The van der Waals surface area contributed by atoms with Gasteiger partial charge in [-0.05, 0) is 74.1 Å². The first-order chi connectivity index (χ1) is 18.2. The smallest absolute Gasteiger partial charge is 0.253 e. The molecule has 1 aromatic heterocycles. The molecule has 0 aliphatic heterocycles. The van der Waals surface area contributed by atoms with Crippen LogP contribution in [0.5, 0.6) is 0 Å². The molecule has 2 amide bonds. The highest BCUT2D eigenvalue weighted by atomic mass is 19.1. The first kappa shape index (κ1) is 28.9. The molecule has 38 heavy (non-hydrogen) atoms. The lowest BCUT2D eigenvalue weighted by Gasteiger charge is -2.25. The fourth-order valence-corrected chi connectivity index (χ4v) is 4.43. The first-order valence-electron chi connectivity index (χ1n) is 12.9. The number of hydrogen-bond acceptors (Lipinski definition) is 5. The fourth-order valence-electron chi connectivity index (χ4n) is 4.43. The zero-order valence-corrected chi connectivity index (χ0v) is 22.0. The van der Waals surface area contributed by atoms with Crippen LogP contribution in [0.1, 0.15) is 70.8 Å². The van der Waals surface area contributed by atoms with E-state index in [1.54, 1.807) is 30.0 Å². The molecule has 204 valence electrons. The minimum Gasteiger partial charge on any atom is -0.391 e. The number of aliphatic hydroxyl groups is 1. The number of H-pyrrole nitrogens is 1. The molecule has 0 radical (unpaired) electrons. The van der Waals surface area contributed by atoms with E-state index < -0.39 is 29.7 Å². The van der Waals surface area contributed by atoms with Crippen LogP contribution in [-0.2, 0) is 12.8 Å². The number of hydrogen-bond donors (Lipinski definition) is 3. The Hall–Kier alpha value is -3.66. The van der Waals surface area contributed by atoms with Crippen LogP contribution in [0, 0.1) is 18.6 Å². The number of halogens is 2. The molecule has 1 heterocycles. The second-order valence-electron chi connectivity index (χ2n) is 9.48. The van der Waals surface area contributed by atoms with Crippen LogP contribution < -0.4 is 5.32 Å². The quantitative estimate of drug-likeness (QED) is 0.311. The number of rotatable bonds is 13. The molecule has 10 heteroatoms. The number of carbonyl (C=O) groups excluding carboxylic acids is 2. The number of carbonyl (C=O) groups is 2. The maximum absolute atomic E-state index is 13.8. The van der Waals surface area contributed by atoms with E-state index in [-0.39, 0.29) is 24.3 Å². The van der Waals surface area contributed by atoms with Gasteiger partial charge in [-0.2, -0.15) is 5.10 Å². The highest BCUT2D eigenvalue weighted by Gasteiger charge is 2.24. The van der Waals surface area contributed by atoms with E-state index in [0.29, 0.717) is 36.5 Å². The number of aromatic nitrogens is 3. The van der Waals surface area contributed by atoms with Gasteiger partial charge in [0.05, 0.1) is 12.1 Å². The third-order valence-electron chi connectivity index (χ3n) is 6.16. The van der Waals surface area contributed by atoms with Crippen molar-refractivity contribution in [3.63, 3.8) is 0 Å². The zero-order chi connectivity index (χ0) is 27.7. The summed E-state index contributed by atoms with van der Waals surface area (Å²) in [7, 11) is 0. The normalized spacial score (nSPS) is 12.7. The van der Waals surface area contributed by atoms with Gasteiger partial charge in [0.1, 0.15) is 23.8 Å². The zero-order valence-electron chi connectivity index (χ0n) is 22.0. The fraction of sp³-hybridized carbons (Fsp3) is 0.429. The Kier molecular flexibility index (Phi) is 10.5. The summed E-state index contributed by atoms with van der Waals surface area (Å²) in [4.78, 5) is 32.3. The van der Waals surface area contributed by atoms with Crippen molar-refractivity contribution < 1.29 is 23.5 Å². The van der Waals surface area contributed by atoms with Gasteiger partial charge in [0, 0.05) is 36.7 Å². The lowest BCUT2D eigenvalue weighted by Crippen LogP contribution is -2.45. The third kappa shape index (κ3) is 8.17. The summed E-state index contributed by atoms with van der Waals surface area (Å²) in [5.74, 6) is -1.57. The third-order valence-corrected chi connectivity index (χ3v) is 6.16. The van der Waals surface area contributed by atoms with E-state index in [9.17, 15) is 23.5 Å². The summed E-state index contributed by atoms with van der Waals surface area (Å²) >= 11 is 0. The predicted octanol–water partition coefficient (Wildman–Crippen LogP) is 3.99. The topological polar surface area (TPSA) is 111 Å². The van der Waals surface area contributed by atoms with E-state index in [0.717, 1.165) is 24.5 Å². The Morgan fingerprint density at radius 3 is 2.29 bits per heavy atom. The van der Waals surface area contributed by atoms with Crippen molar-refractivity contribution in [2.75, 3.05) is 13.1 Å². The van der Waals surface area contributed by atoms with Crippen molar-refractivity contribution in [3.05, 3.63) is 82.4 Å². The van der Waals surface area contributed by atoms with Crippen molar-refractivity contribution in [1.29, 1.82) is 0 Å². The van der Waals surface area contributed by atoms with Gasteiger partial charge >= 0.3 is 0 Å². The highest BCUT2D eigenvalue weighted by Crippen LogP contribution is 2.17. The van der Waals surface area contributed by atoms with Crippen LogP contribution in [0.15, 0.2) is 42.7 Å². The van der Waals surface area contributed by atoms with Crippen LogP contribution >= 0.6 is 0 Å². The maximum Gasteiger partial charge on any atom is 0.253 e. The van der Waals surface area contributed by atoms with Gasteiger partial charge < -0.3 is 15.3 Å². The minimum absolute atomic E-state index is 0.00360. The number of aromatic amines is 1. The molecular weight excluding hydrogens is 492 g/mol. The summed E-state index contributed by atoms with van der Waals surface area (Å²) in [5.41, 5.74) is 1.70. The average molecular weight is 528 g/mol. The Bertz CT molecular complexity index is 1190. The van der Waals surface area contributed by atoms with Crippen LogP contribution in [0.3, 0.4) is 0 Å². The molecule has 0 saturated carbocycles. The molecule has 0 aliphatic rings. The lowest BCUT2D eigenvalue weighted by atomic mass is 9.97. The van der Waals surface area contributed by atoms with Crippen LogP contribution in [0.25, 0.3) is 0 Å². The Labute approximate surface area is 221 Å². The largest absolute Gasteiger partial charge is 0.391 e.